The van der Waals surface area contributed by atoms with Crippen LogP contribution in [-0.4, -0.2) is 15.7 Å². The average molecular weight is 360 g/mol. The van der Waals surface area contributed by atoms with Gasteiger partial charge in [-0.2, -0.15) is 5.10 Å². The minimum atomic E-state index is -0.106. The van der Waals surface area contributed by atoms with Crippen LogP contribution in [0.1, 0.15) is 31.5 Å². The minimum absolute atomic E-state index is 0.106. The first-order chi connectivity index (χ1) is 11.4. The second kappa shape index (κ2) is 6.79. The molecule has 0 aliphatic heterocycles. The average Bonchev–Trinajstić information content (AvgIpc) is 3.09. The third-order valence-electron chi connectivity index (χ3n) is 3.73. The SMILES string of the molecule is Cc1cc(C)n(Cc2ccc(C(=O)Nc3ccc(Cl)cc3C)s2)n1. The van der Waals surface area contributed by atoms with Crippen LogP contribution in [0.25, 0.3) is 0 Å². The number of hydrogen-bond acceptors (Lipinski definition) is 3. The molecule has 1 N–H and O–H groups in total. The van der Waals surface area contributed by atoms with Gasteiger partial charge in [0.15, 0.2) is 0 Å². The van der Waals surface area contributed by atoms with E-state index >= 15 is 0 Å². The van der Waals surface area contributed by atoms with Crippen LogP contribution in [0.15, 0.2) is 36.4 Å². The van der Waals surface area contributed by atoms with Gasteiger partial charge in [0.1, 0.15) is 0 Å². The normalized spacial score (nSPS) is 10.8. The molecule has 2 heterocycles. The number of carbonyl (C=O) groups excluding carboxylic acids is 1. The Labute approximate surface area is 150 Å². The van der Waals surface area contributed by atoms with Crippen molar-refractivity contribution >= 4 is 34.5 Å². The zero-order valence-electron chi connectivity index (χ0n) is 13.8. The van der Waals surface area contributed by atoms with E-state index in [0.717, 1.165) is 27.5 Å². The lowest BCUT2D eigenvalue weighted by Crippen LogP contribution is -2.11. The van der Waals surface area contributed by atoms with Crippen LogP contribution < -0.4 is 5.32 Å². The summed E-state index contributed by atoms with van der Waals surface area (Å²) in [5, 5.41) is 8.06. The molecule has 0 atom stereocenters. The summed E-state index contributed by atoms with van der Waals surface area (Å²) in [6, 6.07) is 11.3. The summed E-state index contributed by atoms with van der Waals surface area (Å²) in [5.41, 5.74) is 3.83. The molecule has 0 spiro atoms. The van der Waals surface area contributed by atoms with E-state index in [0.29, 0.717) is 16.4 Å². The second-order valence-corrected chi connectivity index (χ2v) is 7.37. The first kappa shape index (κ1) is 16.7. The van der Waals surface area contributed by atoms with Crippen molar-refractivity contribution in [3.05, 3.63) is 68.1 Å². The quantitative estimate of drug-likeness (QED) is 0.725. The smallest absolute Gasteiger partial charge is 0.265 e. The molecule has 0 radical (unpaired) electrons. The van der Waals surface area contributed by atoms with Gasteiger partial charge in [0.2, 0.25) is 0 Å². The predicted molar refractivity (Wildman–Crippen MR) is 99.3 cm³/mol. The maximum Gasteiger partial charge on any atom is 0.265 e. The molecule has 0 unspecified atom stereocenters. The van der Waals surface area contributed by atoms with Crippen molar-refractivity contribution in [3.8, 4) is 0 Å². The first-order valence-corrected chi connectivity index (χ1v) is 8.79. The molecular formula is C18H18ClN3OS. The van der Waals surface area contributed by atoms with Crippen molar-refractivity contribution in [2.24, 2.45) is 0 Å². The lowest BCUT2D eigenvalue weighted by Gasteiger charge is -2.07. The van der Waals surface area contributed by atoms with E-state index in [1.54, 1.807) is 6.07 Å². The van der Waals surface area contributed by atoms with Crippen LogP contribution in [0.3, 0.4) is 0 Å². The molecule has 4 nitrogen and oxygen atoms in total. The molecule has 2 aromatic heterocycles. The van der Waals surface area contributed by atoms with E-state index in [4.69, 9.17) is 11.6 Å². The summed E-state index contributed by atoms with van der Waals surface area (Å²) < 4.78 is 1.95. The Hall–Kier alpha value is -2.11. The Balaban J connectivity index is 1.72. The molecule has 1 amide bonds. The van der Waals surface area contributed by atoms with E-state index in [-0.39, 0.29) is 5.91 Å². The van der Waals surface area contributed by atoms with Gasteiger partial charge in [-0.05, 0) is 62.7 Å². The molecule has 0 aliphatic rings. The summed E-state index contributed by atoms with van der Waals surface area (Å²) >= 11 is 7.43. The molecule has 0 saturated heterocycles. The highest BCUT2D eigenvalue weighted by atomic mass is 35.5. The maximum absolute atomic E-state index is 12.4. The molecular weight excluding hydrogens is 342 g/mol. The van der Waals surface area contributed by atoms with Crippen molar-refractivity contribution < 1.29 is 4.79 Å². The number of hydrogen-bond donors (Lipinski definition) is 1. The predicted octanol–water partition coefficient (Wildman–Crippen LogP) is 4.82. The molecule has 3 aromatic rings. The molecule has 6 heteroatoms. The molecule has 24 heavy (non-hydrogen) atoms. The molecule has 0 saturated carbocycles. The Morgan fingerprint density at radius 1 is 1.21 bits per heavy atom. The third-order valence-corrected chi connectivity index (χ3v) is 5.03. The number of nitrogens with one attached hydrogen (secondary N) is 1. The van der Waals surface area contributed by atoms with Gasteiger partial charge in [-0.15, -0.1) is 11.3 Å². The number of aryl methyl sites for hydroxylation is 3. The van der Waals surface area contributed by atoms with Gasteiger partial charge in [0, 0.05) is 21.3 Å². The summed E-state index contributed by atoms with van der Waals surface area (Å²) in [6.07, 6.45) is 0. The zero-order valence-corrected chi connectivity index (χ0v) is 15.3. The Morgan fingerprint density at radius 2 is 2.00 bits per heavy atom. The third kappa shape index (κ3) is 3.68. The minimum Gasteiger partial charge on any atom is -0.321 e. The highest BCUT2D eigenvalue weighted by molar-refractivity contribution is 7.14. The number of nitrogens with zero attached hydrogens (tertiary/aromatic N) is 2. The molecule has 0 bridgehead atoms. The van der Waals surface area contributed by atoms with Gasteiger partial charge >= 0.3 is 0 Å². The summed E-state index contributed by atoms with van der Waals surface area (Å²) in [5.74, 6) is -0.106. The van der Waals surface area contributed by atoms with Crippen LogP contribution >= 0.6 is 22.9 Å². The number of thiophene rings is 1. The van der Waals surface area contributed by atoms with Crippen molar-refractivity contribution in [2.45, 2.75) is 27.3 Å². The van der Waals surface area contributed by atoms with Gasteiger partial charge in [-0.3, -0.25) is 9.48 Å². The van der Waals surface area contributed by atoms with Gasteiger partial charge in [-0.1, -0.05) is 11.6 Å². The molecule has 3 rings (SSSR count). The fraction of sp³-hybridized carbons (Fsp3) is 0.222. The van der Waals surface area contributed by atoms with Crippen molar-refractivity contribution in [1.82, 2.24) is 9.78 Å². The van der Waals surface area contributed by atoms with Crippen molar-refractivity contribution in [3.63, 3.8) is 0 Å². The lowest BCUT2D eigenvalue weighted by atomic mass is 10.2. The van der Waals surface area contributed by atoms with E-state index < -0.39 is 0 Å². The van der Waals surface area contributed by atoms with Crippen molar-refractivity contribution in [1.29, 1.82) is 0 Å². The standard InChI is InChI=1S/C18H18ClN3OS/c1-11-8-14(19)4-6-16(11)20-18(23)17-7-5-15(24-17)10-22-13(3)9-12(2)21-22/h4-9H,10H2,1-3H3,(H,20,23). The number of benzene rings is 1. The number of rotatable bonds is 4. The molecule has 0 fully saturated rings. The van der Waals surface area contributed by atoms with E-state index in [1.807, 2.05) is 55.8 Å². The highest BCUT2D eigenvalue weighted by Crippen LogP contribution is 2.23. The van der Waals surface area contributed by atoms with Crippen LogP contribution in [0.4, 0.5) is 5.69 Å². The van der Waals surface area contributed by atoms with Crippen molar-refractivity contribution in [2.75, 3.05) is 5.32 Å². The number of amides is 1. The molecule has 124 valence electrons. The topological polar surface area (TPSA) is 46.9 Å². The van der Waals surface area contributed by atoms with Gasteiger partial charge in [0.25, 0.3) is 5.91 Å². The number of aromatic nitrogens is 2. The Kier molecular flexibility index (Phi) is 4.73. The molecule has 0 aliphatic carbocycles. The van der Waals surface area contributed by atoms with Crippen LogP contribution in [0.5, 0.6) is 0 Å². The molecule has 1 aromatic carbocycles. The number of carbonyl (C=O) groups is 1. The van der Waals surface area contributed by atoms with E-state index in [1.165, 1.54) is 11.3 Å². The lowest BCUT2D eigenvalue weighted by molar-refractivity contribution is 0.103. The van der Waals surface area contributed by atoms with Gasteiger partial charge < -0.3 is 5.32 Å². The van der Waals surface area contributed by atoms with Gasteiger partial charge in [0.05, 0.1) is 17.1 Å². The monoisotopic (exact) mass is 359 g/mol. The van der Waals surface area contributed by atoms with Crippen LogP contribution in [0, 0.1) is 20.8 Å². The largest absolute Gasteiger partial charge is 0.321 e. The fourth-order valence-corrected chi connectivity index (χ4v) is 3.63. The van der Waals surface area contributed by atoms with E-state index in [2.05, 4.69) is 10.4 Å². The zero-order chi connectivity index (χ0) is 17.3. The van der Waals surface area contributed by atoms with Gasteiger partial charge in [-0.25, -0.2) is 0 Å². The van der Waals surface area contributed by atoms with Crippen LogP contribution in [0.2, 0.25) is 5.02 Å². The summed E-state index contributed by atoms with van der Waals surface area (Å²) in [4.78, 5) is 14.2. The van der Waals surface area contributed by atoms with Crippen LogP contribution in [-0.2, 0) is 6.54 Å². The maximum atomic E-state index is 12.4. The summed E-state index contributed by atoms with van der Waals surface area (Å²) in [6.45, 7) is 6.61. The fourth-order valence-electron chi connectivity index (χ4n) is 2.52. The summed E-state index contributed by atoms with van der Waals surface area (Å²) in [7, 11) is 0. The highest BCUT2D eigenvalue weighted by Gasteiger charge is 2.12. The Bertz CT molecular complexity index is 898. The number of halogens is 1. The van der Waals surface area contributed by atoms with E-state index in [9.17, 15) is 4.79 Å². The Morgan fingerprint density at radius 3 is 2.67 bits per heavy atom. The second-order valence-electron chi connectivity index (χ2n) is 5.76. The number of anilines is 1. The first-order valence-electron chi connectivity index (χ1n) is 7.59.